The van der Waals surface area contributed by atoms with Gasteiger partial charge in [-0.15, -0.1) is 11.3 Å². The van der Waals surface area contributed by atoms with Crippen LogP contribution >= 0.6 is 11.3 Å². The molecule has 0 spiro atoms. The number of aryl methyl sites for hydroxylation is 1. The zero-order valence-electron chi connectivity index (χ0n) is 11.9. The highest BCUT2D eigenvalue weighted by atomic mass is 32.1. The minimum atomic E-state index is 0.0838. The predicted octanol–water partition coefficient (Wildman–Crippen LogP) is 1.81. The number of aromatic nitrogens is 2. The maximum absolute atomic E-state index is 5.74. The van der Waals surface area contributed by atoms with E-state index in [1.54, 1.807) is 17.7 Å². The van der Waals surface area contributed by atoms with Crippen LogP contribution in [-0.4, -0.2) is 41.8 Å². The van der Waals surface area contributed by atoms with E-state index in [1.807, 2.05) is 0 Å². The standard InChI is InChI=1S/C14H20N4OS/c1-3-11-4-12-13(16-8-17-14(12)20-11)18-6-10(5-15)19-7-9(18)2/h4,8-10H,3,5-7,15H2,1-2H3. The molecular formula is C14H20N4OS. The van der Waals surface area contributed by atoms with E-state index < -0.39 is 0 Å². The van der Waals surface area contributed by atoms with Gasteiger partial charge in [-0.25, -0.2) is 9.97 Å². The molecule has 2 unspecified atom stereocenters. The first-order valence-electron chi connectivity index (χ1n) is 7.04. The molecule has 0 aliphatic carbocycles. The molecule has 3 rings (SSSR count). The summed E-state index contributed by atoms with van der Waals surface area (Å²) in [5, 5.41) is 1.15. The van der Waals surface area contributed by atoms with Crippen LogP contribution in [0.25, 0.3) is 10.2 Å². The van der Waals surface area contributed by atoms with Gasteiger partial charge in [-0.05, 0) is 19.4 Å². The van der Waals surface area contributed by atoms with E-state index in [-0.39, 0.29) is 6.10 Å². The third-order valence-electron chi connectivity index (χ3n) is 3.75. The van der Waals surface area contributed by atoms with Crippen LogP contribution in [0.3, 0.4) is 0 Å². The van der Waals surface area contributed by atoms with E-state index in [0.717, 1.165) is 29.0 Å². The van der Waals surface area contributed by atoms with Gasteiger partial charge in [-0.3, -0.25) is 0 Å². The molecule has 0 amide bonds. The average Bonchev–Trinajstić information content (AvgIpc) is 2.91. The highest BCUT2D eigenvalue weighted by Gasteiger charge is 2.27. The molecular weight excluding hydrogens is 272 g/mol. The maximum Gasteiger partial charge on any atom is 0.141 e. The minimum absolute atomic E-state index is 0.0838. The third-order valence-corrected chi connectivity index (χ3v) is 4.94. The molecule has 2 aromatic heterocycles. The molecule has 2 N–H and O–H groups in total. The van der Waals surface area contributed by atoms with Crippen molar-refractivity contribution in [3.05, 3.63) is 17.3 Å². The van der Waals surface area contributed by atoms with Crippen LogP contribution in [-0.2, 0) is 11.2 Å². The fourth-order valence-corrected chi connectivity index (χ4v) is 3.48. The van der Waals surface area contributed by atoms with Crippen LogP contribution in [0.5, 0.6) is 0 Å². The fraction of sp³-hybridized carbons (Fsp3) is 0.571. The van der Waals surface area contributed by atoms with E-state index in [1.165, 1.54) is 4.88 Å². The second kappa shape index (κ2) is 5.63. The number of ether oxygens (including phenoxy) is 1. The predicted molar refractivity (Wildman–Crippen MR) is 82.4 cm³/mol. The molecule has 5 nitrogen and oxygen atoms in total. The van der Waals surface area contributed by atoms with E-state index in [4.69, 9.17) is 10.5 Å². The highest BCUT2D eigenvalue weighted by molar-refractivity contribution is 7.18. The molecule has 2 aromatic rings. The van der Waals surface area contributed by atoms with Gasteiger partial charge in [0.1, 0.15) is 17.0 Å². The third kappa shape index (κ3) is 2.39. The second-order valence-corrected chi connectivity index (χ2v) is 6.29. The van der Waals surface area contributed by atoms with Gasteiger partial charge in [-0.1, -0.05) is 6.92 Å². The van der Waals surface area contributed by atoms with Crippen molar-refractivity contribution in [1.29, 1.82) is 0 Å². The number of nitrogens with zero attached hydrogens (tertiary/aromatic N) is 3. The summed E-state index contributed by atoms with van der Waals surface area (Å²) in [4.78, 5) is 13.6. The van der Waals surface area contributed by atoms with Crippen molar-refractivity contribution in [2.75, 3.05) is 24.6 Å². The van der Waals surface area contributed by atoms with Crippen molar-refractivity contribution in [3.63, 3.8) is 0 Å². The first kappa shape index (κ1) is 13.7. The van der Waals surface area contributed by atoms with Gasteiger partial charge in [0.2, 0.25) is 0 Å². The zero-order chi connectivity index (χ0) is 14.1. The number of rotatable bonds is 3. The summed E-state index contributed by atoms with van der Waals surface area (Å²) < 4.78 is 5.72. The Morgan fingerprint density at radius 2 is 2.35 bits per heavy atom. The summed E-state index contributed by atoms with van der Waals surface area (Å²) in [6.45, 7) is 6.36. The lowest BCUT2D eigenvalue weighted by Crippen LogP contribution is -2.51. The Labute approximate surface area is 122 Å². The molecule has 6 heteroatoms. The normalized spacial score (nSPS) is 23.4. The first-order chi connectivity index (χ1) is 9.72. The number of hydrogen-bond donors (Lipinski definition) is 1. The summed E-state index contributed by atoms with van der Waals surface area (Å²) in [5.41, 5.74) is 5.74. The maximum atomic E-state index is 5.74. The van der Waals surface area contributed by atoms with Gasteiger partial charge < -0.3 is 15.4 Å². The number of anilines is 1. The summed E-state index contributed by atoms with van der Waals surface area (Å²) in [7, 11) is 0. The SMILES string of the molecule is CCc1cc2c(N3CC(CN)OCC3C)ncnc2s1. The van der Waals surface area contributed by atoms with Crippen LogP contribution in [0.1, 0.15) is 18.7 Å². The molecule has 1 aliphatic heterocycles. The minimum Gasteiger partial charge on any atom is -0.373 e. The molecule has 0 saturated carbocycles. The Balaban J connectivity index is 2.01. The van der Waals surface area contributed by atoms with Crippen LogP contribution in [0.4, 0.5) is 5.82 Å². The van der Waals surface area contributed by atoms with E-state index in [0.29, 0.717) is 19.2 Å². The Kier molecular flexibility index (Phi) is 3.87. The molecule has 2 atom stereocenters. The Bertz CT molecular complexity index is 600. The Hall–Kier alpha value is -1.24. The van der Waals surface area contributed by atoms with E-state index in [9.17, 15) is 0 Å². The molecule has 0 bridgehead atoms. The summed E-state index contributed by atoms with van der Waals surface area (Å²) in [6.07, 6.45) is 2.78. The van der Waals surface area contributed by atoms with Crippen LogP contribution < -0.4 is 10.6 Å². The summed E-state index contributed by atoms with van der Waals surface area (Å²) in [5.74, 6) is 1.01. The molecule has 0 radical (unpaired) electrons. The van der Waals surface area contributed by atoms with Crippen molar-refractivity contribution in [3.8, 4) is 0 Å². The molecule has 0 aromatic carbocycles. The molecule has 3 heterocycles. The lowest BCUT2D eigenvalue weighted by Gasteiger charge is -2.38. The van der Waals surface area contributed by atoms with Gasteiger partial charge in [0, 0.05) is 18.0 Å². The number of hydrogen-bond acceptors (Lipinski definition) is 6. The summed E-state index contributed by atoms with van der Waals surface area (Å²) >= 11 is 1.75. The van der Waals surface area contributed by atoms with Crippen molar-refractivity contribution in [1.82, 2.24) is 9.97 Å². The number of morpholine rings is 1. The summed E-state index contributed by atoms with van der Waals surface area (Å²) in [6, 6.07) is 2.52. The van der Waals surface area contributed by atoms with Crippen LogP contribution in [0.15, 0.2) is 12.4 Å². The second-order valence-electron chi connectivity index (χ2n) is 5.17. The lowest BCUT2D eigenvalue weighted by atomic mass is 10.1. The van der Waals surface area contributed by atoms with Gasteiger partial charge in [0.05, 0.1) is 24.1 Å². The van der Waals surface area contributed by atoms with Crippen LogP contribution in [0.2, 0.25) is 0 Å². The monoisotopic (exact) mass is 292 g/mol. The Morgan fingerprint density at radius 1 is 1.50 bits per heavy atom. The van der Waals surface area contributed by atoms with Crippen LogP contribution in [0, 0.1) is 0 Å². The lowest BCUT2D eigenvalue weighted by molar-refractivity contribution is 0.0281. The number of fused-ring (bicyclic) bond motifs is 1. The van der Waals surface area contributed by atoms with E-state index >= 15 is 0 Å². The molecule has 1 saturated heterocycles. The first-order valence-corrected chi connectivity index (χ1v) is 7.86. The van der Waals surface area contributed by atoms with E-state index in [2.05, 4.69) is 34.8 Å². The Morgan fingerprint density at radius 3 is 3.10 bits per heavy atom. The van der Waals surface area contributed by atoms with Gasteiger partial charge >= 0.3 is 0 Å². The van der Waals surface area contributed by atoms with Gasteiger partial charge in [0.25, 0.3) is 0 Å². The van der Waals surface area contributed by atoms with Gasteiger partial charge in [0.15, 0.2) is 0 Å². The molecule has 1 aliphatic rings. The topological polar surface area (TPSA) is 64.3 Å². The molecule has 108 valence electrons. The van der Waals surface area contributed by atoms with Crippen molar-refractivity contribution in [2.45, 2.75) is 32.4 Å². The fourth-order valence-electron chi connectivity index (χ4n) is 2.55. The largest absolute Gasteiger partial charge is 0.373 e. The smallest absolute Gasteiger partial charge is 0.141 e. The molecule has 1 fully saturated rings. The van der Waals surface area contributed by atoms with Crippen molar-refractivity contribution >= 4 is 27.4 Å². The molecule has 20 heavy (non-hydrogen) atoms. The highest BCUT2D eigenvalue weighted by Crippen LogP contribution is 2.32. The van der Waals surface area contributed by atoms with Gasteiger partial charge in [-0.2, -0.15) is 0 Å². The van der Waals surface area contributed by atoms with Crippen molar-refractivity contribution in [2.24, 2.45) is 5.73 Å². The number of thiophene rings is 1. The quantitative estimate of drug-likeness (QED) is 0.934. The average molecular weight is 292 g/mol. The zero-order valence-corrected chi connectivity index (χ0v) is 12.7. The van der Waals surface area contributed by atoms with Crippen molar-refractivity contribution < 1.29 is 4.74 Å². The number of nitrogens with two attached hydrogens (primary N) is 1.